The maximum atomic E-state index is 11.6. The van der Waals surface area contributed by atoms with Gasteiger partial charge in [0.15, 0.2) is 0 Å². The van der Waals surface area contributed by atoms with Crippen molar-refractivity contribution in [2.45, 2.75) is 32.6 Å². The van der Waals surface area contributed by atoms with Crippen LogP contribution in [0.5, 0.6) is 0 Å². The number of pyridine rings is 1. The smallest absolute Gasteiger partial charge is 0.225 e. The number of nitrogens with one attached hydrogen (secondary N) is 1. The van der Waals surface area contributed by atoms with Crippen LogP contribution in [-0.2, 0) is 4.79 Å². The molecule has 1 aliphatic heterocycles. The van der Waals surface area contributed by atoms with E-state index < -0.39 is 0 Å². The first-order chi connectivity index (χ1) is 9.69. The van der Waals surface area contributed by atoms with Crippen molar-refractivity contribution in [2.75, 3.05) is 29.9 Å². The van der Waals surface area contributed by atoms with E-state index in [0.29, 0.717) is 25.2 Å². The molecule has 3 N–H and O–H groups in total. The van der Waals surface area contributed by atoms with E-state index in [0.717, 1.165) is 24.7 Å². The molecule has 2 rings (SSSR count). The zero-order valence-corrected chi connectivity index (χ0v) is 12.1. The predicted molar refractivity (Wildman–Crippen MR) is 81.8 cm³/mol. The monoisotopic (exact) mass is 276 g/mol. The zero-order chi connectivity index (χ0) is 14.4. The lowest BCUT2D eigenvalue weighted by atomic mass is 9.99. The van der Waals surface area contributed by atoms with Crippen LogP contribution < -0.4 is 16.0 Å². The number of hydrogen-bond donors (Lipinski definition) is 2. The summed E-state index contributed by atoms with van der Waals surface area (Å²) in [6, 6.07) is 3.90. The Hall–Kier alpha value is -1.62. The second-order valence-corrected chi connectivity index (χ2v) is 5.51. The van der Waals surface area contributed by atoms with Gasteiger partial charge in [-0.1, -0.05) is 6.92 Å². The first-order valence-electron chi connectivity index (χ1n) is 7.40. The highest BCUT2D eigenvalue weighted by Crippen LogP contribution is 2.22. The van der Waals surface area contributed by atoms with Crippen molar-refractivity contribution in [3.63, 3.8) is 0 Å². The Morgan fingerprint density at radius 2 is 2.20 bits per heavy atom. The second-order valence-electron chi connectivity index (χ2n) is 5.51. The molecule has 0 spiro atoms. The number of amides is 1. The topological polar surface area (TPSA) is 71.2 Å². The van der Waals surface area contributed by atoms with Crippen LogP contribution in [0, 0.1) is 5.92 Å². The normalized spacial score (nSPS) is 16.2. The molecule has 1 fully saturated rings. The highest BCUT2D eigenvalue weighted by atomic mass is 16.1. The number of anilines is 2. The molecule has 0 atom stereocenters. The van der Waals surface area contributed by atoms with Crippen molar-refractivity contribution in [2.24, 2.45) is 11.7 Å². The van der Waals surface area contributed by atoms with Crippen LogP contribution in [-0.4, -0.2) is 30.5 Å². The third kappa shape index (κ3) is 4.20. The third-order valence-electron chi connectivity index (χ3n) is 3.77. The number of rotatable bonds is 5. The lowest BCUT2D eigenvalue weighted by Crippen LogP contribution is -2.32. The van der Waals surface area contributed by atoms with Crippen molar-refractivity contribution in [1.82, 2.24) is 4.98 Å². The standard InChI is InChI=1S/C15H24N4O/c1-12-6-9-19(10-7-12)13-4-5-14(17-11-13)18-15(20)3-2-8-16/h4-5,11-12H,2-3,6-10,16H2,1H3,(H,17,18,20). The first-order valence-corrected chi connectivity index (χ1v) is 7.40. The Balaban J connectivity index is 1.88. The molecule has 0 aromatic carbocycles. The van der Waals surface area contributed by atoms with E-state index in [1.807, 2.05) is 18.3 Å². The van der Waals surface area contributed by atoms with E-state index >= 15 is 0 Å². The fraction of sp³-hybridized carbons (Fsp3) is 0.600. The van der Waals surface area contributed by atoms with Crippen molar-refractivity contribution in [3.05, 3.63) is 18.3 Å². The highest BCUT2D eigenvalue weighted by Gasteiger charge is 2.16. The van der Waals surface area contributed by atoms with Gasteiger partial charge in [0, 0.05) is 19.5 Å². The summed E-state index contributed by atoms with van der Waals surface area (Å²) in [5.74, 6) is 1.41. The van der Waals surface area contributed by atoms with Crippen LogP contribution in [0.25, 0.3) is 0 Å². The van der Waals surface area contributed by atoms with Crippen LogP contribution in [0.2, 0.25) is 0 Å². The molecule has 0 radical (unpaired) electrons. The van der Waals surface area contributed by atoms with Gasteiger partial charge in [-0.2, -0.15) is 0 Å². The lowest BCUT2D eigenvalue weighted by Gasteiger charge is -2.31. The van der Waals surface area contributed by atoms with Crippen molar-refractivity contribution >= 4 is 17.4 Å². The number of nitrogens with zero attached hydrogens (tertiary/aromatic N) is 2. The van der Waals surface area contributed by atoms with E-state index in [9.17, 15) is 4.79 Å². The Morgan fingerprint density at radius 1 is 1.45 bits per heavy atom. The SMILES string of the molecule is CC1CCN(c2ccc(NC(=O)CCCN)nc2)CC1. The molecular formula is C15H24N4O. The number of hydrogen-bond acceptors (Lipinski definition) is 4. The highest BCUT2D eigenvalue weighted by molar-refractivity contribution is 5.89. The predicted octanol–water partition coefficient (Wildman–Crippen LogP) is 2.00. The lowest BCUT2D eigenvalue weighted by molar-refractivity contribution is -0.116. The molecular weight excluding hydrogens is 252 g/mol. The van der Waals surface area contributed by atoms with Crippen LogP contribution in [0.3, 0.4) is 0 Å². The quantitative estimate of drug-likeness (QED) is 0.863. The van der Waals surface area contributed by atoms with Crippen molar-refractivity contribution < 1.29 is 4.79 Å². The fourth-order valence-electron chi connectivity index (χ4n) is 2.38. The molecule has 0 unspecified atom stereocenters. The first kappa shape index (κ1) is 14.8. The van der Waals surface area contributed by atoms with E-state index in [2.05, 4.69) is 22.1 Å². The minimum absolute atomic E-state index is 0.0255. The molecule has 2 heterocycles. The molecule has 5 nitrogen and oxygen atoms in total. The van der Waals surface area contributed by atoms with Gasteiger partial charge >= 0.3 is 0 Å². The molecule has 1 aromatic rings. The summed E-state index contributed by atoms with van der Waals surface area (Å²) >= 11 is 0. The van der Waals surface area contributed by atoms with Gasteiger partial charge in [-0.05, 0) is 43.9 Å². The molecule has 1 saturated heterocycles. The van der Waals surface area contributed by atoms with Crippen molar-refractivity contribution in [3.8, 4) is 0 Å². The molecule has 0 aliphatic carbocycles. The Bertz CT molecular complexity index is 424. The second kappa shape index (κ2) is 7.24. The number of carbonyl (C=O) groups is 1. The largest absolute Gasteiger partial charge is 0.370 e. The maximum absolute atomic E-state index is 11.6. The summed E-state index contributed by atoms with van der Waals surface area (Å²) in [4.78, 5) is 18.2. The number of nitrogens with two attached hydrogens (primary N) is 1. The summed E-state index contributed by atoms with van der Waals surface area (Å²) in [6.45, 7) is 5.01. The minimum atomic E-state index is -0.0255. The molecule has 0 bridgehead atoms. The maximum Gasteiger partial charge on any atom is 0.225 e. The number of carbonyl (C=O) groups excluding carboxylic acids is 1. The summed E-state index contributed by atoms with van der Waals surface area (Å²) in [7, 11) is 0. The Kier molecular flexibility index (Phi) is 5.35. The number of aromatic nitrogens is 1. The van der Waals surface area contributed by atoms with E-state index in [1.54, 1.807) is 0 Å². The van der Waals surface area contributed by atoms with Gasteiger partial charge in [-0.15, -0.1) is 0 Å². The molecule has 20 heavy (non-hydrogen) atoms. The van der Waals surface area contributed by atoms with Crippen LogP contribution in [0.15, 0.2) is 18.3 Å². The third-order valence-corrected chi connectivity index (χ3v) is 3.77. The van der Waals surface area contributed by atoms with Crippen LogP contribution in [0.4, 0.5) is 11.5 Å². The summed E-state index contributed by atoms with van der Waals surface area (Å²) in [6.07, 6.45) is 5.46. The Morgan fingerprint density at radius 3 is 2.80 bits per heavy atom. The van der Waals surface area contributed by atoms with Gasteiger partial charge in [-0.3, -0.25) is 4.79 Å². The number of piperidine rings is 1. The molecule has 110 valence electrons. The minimum Gasteiger partial charge on any atom is -0.370 e. The van der Waals surface area contributed by atoms with E-state index in [1.165, 1.54) is 12.8 Å². The molecule has 5 heteroatoms. The van der Waals surface area contributed by atoms with Crippen LogP contribution >= 0.6 is 0 Å². The van der Waals surface area contributed by atoms with Gasteiger partial charge in [0.2, 0.25) is 5.91 Å². The van der Waals surface area contributed by atoms with Gasteiger partial charge in [0.1, 0.15) is 5.82 Å². The molecule has 0 saturated carbocycles. The van der Waals surface area contributed by atoms with Gasteiger partial charge in [0.25, 0.3) is 0 Å². The average Bonchev–Trinajstić information content (AvgIpc) is 2.47. The molecule has 1 aliphatic rings. The molecule has 1 aromatic heterocycles. The van der Waals surface area contributed by atoms with E-state index in [4.69, 9.17) is 5.73 Å². The summed E-state index contributed by atoms with van der Waals surface area (Å²) in [5, 5.41) is 2.79. The summed E-state index contributed by atoms with van der Waals surface area (Å²) < 4.78 is 0. The van der Waals surface area contributed by atoms with Crippen molar-refractivity contribution in [1.29, 1.82) is 0 Å². The van der Waals surface area contributed by atoms with Gasteiger partial charge in [-0.25, -0.2) is 4.98 Å². The van der Waals surface area contributed by atoms with E-state index in [-0.39, 0.29) is 5.91 Å². The fourth-order valence-corrected chi connectivity index (χ4v) is 2.38. The molecule has 1 amide bonds. The average molecular weight is 276 g/mol. The summed E-state index contributed by atoms with van der Waals surface area (Å²) in [5.41, 5.74) is 6.52. The Labute approximate surface area is 120 Å². The van der Waals surface area contributed by atoms with Gasteiger partial charge < -0.3 is 16.0 Å². The zero-order valence-electron chi connectivity index (χ0n) is 12.1. The van der Waals surface area contributed by atoms with Crippen LogP contribution in [0.1, 0.15) is 32.6 Å². The van der Waals surface area contributed by atoms with Gasteiger partial charge in [0.05, 0.1) is 11.9 Å².